The zero-order chi connectivity index (χ0) is 17.3. The molecule has 136 valence electrons. The van der Waals surface area contributed by atoms with Gasteiger partial charge >= 0.3 is 0 Å². The standard InChI is InChI=1S/C12H21FO10/c13-5-3(1-14)21-11(9(19)7(5)17)23-12-10(20)8(18)6(16)4(2-15)22-12/h3-12,14-20H,1-2H2/t3-,4-,5+,6-,7+,8+,9-,10-,11+,12-/m1/s1. The van der Waals surface area contributed by atoms with Crippen LogP contribution in [0.2, 0.25) is 0 Å². The summed E-state index contributed by atoms with van der Waals surface area (Å²) in [6, 6.07) is 0. The number of hydrogen-bond acceptors (Lipinski definition) is 10. The van der Waals surface area contributed by atoms with Crippen LogP contribution in [0.1, 0.15) is 0 Å². The van der Waals surface area contributed by atoms with Crippen molar-refractivity contribution in [3.8, 4) is 0 Å². The van der Waals surface area contributed by atoms with Crippen LogP contribution in [0.5, 0.6) is 0 Å². The van der Waals surface area contributed by atoms with E-state index in [0.717, 1.165) is 0 Å². The van der Waals surface area contributed by atoms with Gasteiger partial charge in [0.15, 0.2) is 18.8 Å². The quantitative estimate of drug-likeness (QED) is 0.264. The summed E-state index contributed by atoms with van der Waals surface area (Å²) in [5.74, 6) is 0. The van der Waals surface area contributed by atoms with Crippen LogP contribution in [-0.2, 0) is 14.2 Å². The van der Waals surface area contributed by atoms with E-state index >= 15 is 0 Å². The Morgan fingerprint density at radius 3 is 1.70 bits per heavy atom. The lowest BCUT2D eigenvalue weighted by atomic mass is 9.98. The molecule has 0 unspecified atom stereocenters. The average Bonchev–Trinajstić information content (AvgIpc) is 2.55. The molecule has 0 radical (unpaired) electrons. The third-order valence-corrected chi connectivity index (χ3v) is 3.92. The van der Waals surface area contributed by atoms with Gasteiger partial charge in [0.1, 0.15) is 42.7 Å². The van der Waals surface area contributed by atoms with Crippen molar-refractivity contribution in [1.82, 2.24) is 0 Å². The Hall–Kier alpha value is -0.470. The number of hydrogen-bond donors (Lipinski definition) is 7. The first-order chi connectivity index (χ1) is 10.8. The first kappa shape index (κ1) is 18.9. The van der Waals surface area contributed by atoms with E-state index in [1.54, 1.807) is 0 Å². The fourth-order valence-corrected chi connectivity index (χ4v) is 2.47. The van der Waals surface area contributed by atoms with Crippen LogP contribution in [0.3, 0.4) is 0 Å². The SMILES string of the molecule is OC[C@H]1O[C@H](O[C@@H]2O[C@H](CO)[C@H](F)[C@H](O)[C@H]2O)[C@H](O)[C@@H](O)[C@@H]1O. The Morgan fingerprint density at radius 2 is 1.17 bits per heavy atom. The zero-order valence-electron chi connectivity index (χ0n) is 11.9. The molecule has 7 N–H and O–H groups in total. The Balaban J connectivity index is 2.07. The van der Waals surface area contributed by atoms with E-state index < -0.39 is 74.7 Å². The van der Waals surface area contributed by atoms with Gasteiger partial charge in [-0.25, -0.2) is 4.39 Å². The van der Waals surface area contributed by atoms with Crippen LogP contribution in [0.4, 0.5) is 4.39 Å². The molecular formula is C12H21FO10. The zero-order valence-corrected chi connectivity index (χ0v) is 11.9. The third-order valence-electron chi connectivity index (χ3n) is 3.92. The minimum atomic E-state index is -2.05. The molecule has 0 aliphatic carbocycles. The van der Waals surface area contributed by atoms with E-state index in [2.05, 4.69) is 0 Å². The molecule has 0 saturated carbocycles. The Labute approximate surface area is 130 Å². The fourth-order valence-electron chi connectivity index (χ4n) is 2.47. The van der Waals surface area contributed by atoms with E-state index in [0.29, 0.717) is 0 Å². The first-order valence-electron chi connectivity index (χ1n) is 7.04. The van der Waals surface area contributed by atoms with Crippen LogP contribution in [-0.4, -0.2) is 110 Å². The highest BCUT2D eigenvalue weighted by molar-refractivity contribution is 4.92. The number of aliphatic hydroxyl groups excluding tert-OH is 7. The maximum atomic E-state index is 13.6. The molecule has 0 aromatic heterocycles. The van der Waals surface area contributed by atoms with Crippen molar-refractivity contribution >= 4 is 0 Å². The number of aliphatic hydroxyl groups is 7. The van der Waals surface area contributed by atoms with Crippen molar-refractivity contribution in [2.75, 3.05) is 13.2 Å². The van der Waals surface area contributed by atoms with Gasteiger partial charge in [-0.05, 0) is 0 Å². The maximum absolute atomic E-state index is 13.6. The lowest BCUT2D eigenvalue weighted by Crippen LogP contribution is -2.63. The molecule has 10 atom stereocenters. The topological polar surface area (TPSA) is 169 Å². The van der Waals surface area contributed by atoms with E-state index in [-0.39, 0.29) is 0 Å². The molecule has 0 spiro atoms. The van der Waals surface area contributed by atoms with Crippen LogP contribution in [0.25, 0.3) is 0 Å². The van der Waals surface area contributed by atoms with E-state index in [1.165, 1.54) is 0 Å². The smallest absolute Gasteiger partial charge is 0.189 e. The Morgan fingerprint density at radius 1 is 0.696 bits per heavy atom. The van der Waals surface area contributed by atoms with Crippen LogP contribution in [0, 0.1) is 0 Å². The summed E-state index contributed by atoms with van der Waals surface area (Å²) < 4.78 is 28.7. The summed E-state index contributed by atoms with van der Waals surface area (Å²) in [4.78, 5) is 0. The summed E-state index contributed by atoms with van der Waals surface area (Å²) in [7, 11) is 0. The summed E-state index contributed by atoms with van der Waals surface area (Å²) in [5, 5.41) is 66.5. The van der Waals surface area contributed by atoms with Gasteiger partial charge in [-0.1, -0.05) is 0 Å². The van der Waals surface area contributed by atoms with Crippen molar-refractivity contribution in [3.63, 3.8) is 0 Å². The lowest BCUT2D eigenvalue weighted by molar-refractivity contribution is -0.373. The molecule has 2 rings (SSSR count). The lowest BCUT2D eigenvalue weighted by Gasteiger charge is -2.44. The minimum Gasteiger partial charge on any atom is -0.394 e. The summed E-state index contributed by atoms with van der Waals surface area (Å²) in [5.41, 5.74) is 0. The van der Waals surface area contributed by atoms with Crippen LogP contribution in [0.15, 0.2) is 0 Å². The highest BCUT2D eigenvalue weighted by Crippen LogP contribution is 2.28. The van der Waals surface area contributed by atoms with Crippen molar-refractivity contribution in [1.29, 1.82) is 0 Å². The summed E-state index contributed by atoms with van der Waals surface area (Å²) in [6.45, 7) is -1.48. The second-order valence-electron chi connectivity index (χ2n) is 5.48. The number of halogens is 1. The predicted octanol–water partition coefficient (Wildman–Crippen LogP) is -4.42. The summed E-state index contributed by atoms with van der Waals surface area (Å²) >= 11 is 0. The van der Waals surface area contributed by atoms with Crippen molar-refractivity contribution in [3.05, 3.63) is 0 Å². The van der Waals surface area contributed by atoms with Gasteiger partial charge in [-0.15, -0.1) is 0 Å². The van der Waals surface area contributed by atoms with Gasteiger partial charge in [-0.3, -0.25) is 0 Å². The molecule has 2 aliphatic rings. The van der Waals surface area contributed by atoms with Gasteiger partial charge < -0.3 is 50.0 Å². The van der Waals surface area contributed by atoms with E-state index in [4.69, 9.17) is 24.4 Å². The fraction of sp³-hybridized carbons (Fsp3) is 1.00. The molecule has 11 heteroatoms. The number of rotatable bonds is 4. The molecule has 2 saturated heterocycles. The number of alkyl halides is 1. The van der Waals surface area contributed by atoms with Crippen molar-refractivity contribution < 1.29 is 54.3 Å². The van der Waals surface area contributed by atoms with Crippen LogP contribution < -0.4 is 0 Å². The Kier molecular flexibility index (Phi) is 6.24. The monoisotopic (exact) mass is 344 g/mol. The maximum Gasteiger partial charge on any atom is 0.189 e. The number of ether oxygens (including phenoxy) is 3. The third kappa shape index (κ3) is 3.64. The normalized spacial score (nSPS) is 51.7. The van der Waals surface area contributed by atoms with Crippen molar-refractivity contribution in [2.45, 2.75) is 61.5 Å². The van der Waals surface area contributed by atoms with Gasteiger partial charge in [0.25, 0.3) is 0 Å². The molecule has 10 nitrogen and oxygen atoms in total. The molecule has 0 aromatic rings. The van der Waals surface area contributed by atoms with Gasteiger partial charge in [0.2, 0.25) is 0 Å². The molecule has 2 fully saturated rings. The molecule has 2 heterocycles. The first-order valence-corrected chi connectivity index (χ1v) is 7.04. The molecule has 0 amide bonds. The van der Waals surface area contributed by atoms with Gasteiger partial charge in [-0.2, -0.15) is 0 Å². The van der Waals surface area contributed by atoms with Gasteiger partial charge in [0.05, 0.1) is 13.2 Å². The molecule has 2 aliphatic heterocycles. The van der Waals surface area contributed by atoms with Crippen LogP contribution >= 0.6 is 0 Å². The van der Waals surface area contributed by atoms with Gasteiger partial charge in [0, 0.05) is 0 Å². The molecule has 0 bridgehead atoms. The highest BCUT2D eigenvalue weighted by atomic mass is 19.1. The summed E-state index contributed by atoms with van der Waals surface area (Å²) in [6.07, 6.45) is -16.9. The largest absolute Gasteiger partial charge is 0.394 e. The molecule has 0 aromatic carbocycles. The minimum absolute atomic E-state index is 0.687. The molecule has 23 heavy (non-hydrogen) atoms. The van der Waals surface area contributed by atoms with E-state index in [1.807, 2.05) is 0 Å². The highest BCUT2D eigenvalue weighted by Gasteiger charge is 2.50. The average molecular weight is 344 g/mol. The second-order valence-corrected chi connectivity index (χ2v) is 5.48. The van der Waals surface area contributed by atoms with E-state index in [9.17, 15) is 29.9 Å². The van der Waals surface area contributed by atoms with Crippen molar-refractivity contribution in [2.24, 2.45) is 0 Å². The molecular weight excluding hydrogens is 323 g/mol. The second kappa shape index (κ2) is 7.61. The Bertz CT molecular complexity index is 349. The predicted molar refractivity (Wildman–Crippen MR) is 67.5 cm³/mol.